The molecular weight excluding hydrogens is 222 g/mol. The number of anilines is 1. The molecule has 0 aliphatic heterocycles. The molecule has 1 aliphatic rings. The molecule has 0 saturated heterocycles. The van der Waals surface area contributed by atoms with Crippen LogP contribution in [0.1, 0.15) is 51.6 Å². The summed E-state index contributed by atoms with van der Waals surface area (Å²) < 4.78 is 2.32. The molecule has 0 bridgehead atoms. The van der Waals surface area contributed by atoms with Crippen LogP contribution in [0.4, 0.5) is 5.95 Å². The molecule has 1 aromatic heterocycles. The van der Waals surface area contributed by atoms with E-state index >= 15 is 0 Å². The van der Waals surface area contributed by atoms with Crippen LogP contribution in [0.15, 0.2) is 6.20 Å². The third-order valence-corrected chi connectivity index (χ3v) is 4.23. The van der Waals surface area contributed by atoms with Crippen molar-refractivity contribution in [2.24, 2.45) is 11.8 Å². The van der Waals surface area contributed by atoms with Crippen LogP contribution in [-0.4, -0.2) is 16.1 Å². The monoisotopic (exact) mass is 249 g/mol. The maximum Gasteiger partial charge on any atom is 0.203 e. The fourth-order valence-corrected chi connectivity index (χ4v) is 3.09. The lowest BCUT2D eigenvalue weighted by Gasteiger charge is -2.28. The molecule has 1 fully saturated rings. The van der Waals surface area contributed by atoms with E-state index in [-0.39, 0.29) is 0 Å². The highest BCUT2D eigenvalue weighted by atomic mass is 15.2. The van der Waals surface area contributed by atoms with Gasteiger partial charge in [0.2, 0.25) is 5.95 Å². The summed E-state index contributed by atoms with van der Waals surface area (Å²) in [5.41, 5.74) is 1.12. The molecule has 0 radical (unpaired) electrons. The minimum atomic E-state index is 0.846. The first-order chi connectivity index (χ1) is 8.72. The van der Waals surface area contributed by atoms with E-state index in [9.17, 15) is 0 Å². The second-order valence-electron chi connectivity index (χ2n) is 5.68. The highest BCUT2D eigenvalue weighted by molar-refractivity contribution is 5.28. The van der Waals surface area contributed by atoms with Crippen molar-refractivity contribution in [1.82, 2.24) is 9.55 Å². The van der Waals surface area contributed by atoms with E-state index in [1.165, 1.54) is 32.1 Å². The molecule has 0 aromatic carbocycles. The Balaban J connectivity index is 1.93. The van der Waals surface area contributed by atoms with E-state index in [2.05, 4.69) is 41.8 Å². The van der Waals surface area contributed by atoms with Crippen molar-refractivity contribution in [1.29, 1.82) is 0 Å². The predicted octanol–water partition coefficient (Wildman–Crippen LogP) is 3.84. The summed E-state index contributed by atoms with van der Waals surface area (Å²) in [6.07, 6.45) is 9.17. The molecule has 2 rings (SSSR count). The third-order valence-electron chi connectivity index (χ3n) is 4.23. The van der Waals surface area contributed by atoms with Crippen molar-refractivity contribution >= 4 is 5.95 Å². The van der Waals surface area contributed by atoms with E-state index in [0.717, 1.165) is 36.6 Å². The van der Waals surface area contributed by atoms with Gasteiger partial charge < -0.3 is 9.88 Å². The molecule has 18 heavy (non-hydrogen) atoms. The summed E-state index contributed by atoms with van der Waals surface area (Å²) in [6, 6.07) is 0. The van der Waals surface area contributed by atoms with Gasteiger partial charge in [-0.3, -0.25) is 0 Å². The number of nitrogens with zero attached hydrogens (tertiary/aromatic N) is 2. The second-order valence-corrected chi connectivity index (χ2v) is 5.68. The van der Waals surface area contributed by atoms with Gasteiger partial charge >= 0.3 is 0 Å². The molecule has 1 saturated carbocycles. The number of aryl methyl sites for hydroxylation is 1. The summed E-state index contributed by atoms with van der Waals surface area (Å²) in [7, 11) is 0. The summed E-state index contributed by atoms with van der Waals surface area (Å²) in [4.78, 5) is 4.55. The van der Waals surface area contributed by atoms with Crippen molar-refractivity contribution in [2.45, 2.75) is 59.4 Å². The summed E-state index contributed by atoms with van der Waals surface area (Å²) in [6.45, 7) is 8.61. The predicted molar refractivity (Wildman–Crippen MR) is 76.9 cm³/mol. The normalized spacial score (nSPS) is 24.2. The Hall–Kier alpha value is -0.990. The molecule has 102 valence electrons. The minimum absolute atomic E-state index is 0.846. The average molecular weight is 249 g/mol. The minimum Gasteiger partial charge on any atom is -0.356 e. The van der Waals surface area contributed by atoms with Crippen molar-refractivity contribution in [3.63, 3.8) is 0 Å². The quantitative estimate of drug-likeness (QED) is 0.859. The summed E-state index contributed by atoms with van der Waals surface area (Å²) in [5.74, 6) is 2.88. The molecule has 3 nitrogen and oxygen atoms in total. The highest BCUT2D eigenvalue weighted by Gasteiger charge is 2.21. The zero-order valence-electron chi connectivity index (χ0n) is 12.1. The fraction of sp³-hybridized carbons (Fsp3) is 0.800. The molecule has 0 amide bonds. The topological polar surface area (TPSA) is 29.9 Å². The number of nitrogens with one attached hydrogen (secondary N) is 1. The van der Waals surface area contributed by atoms with Crippen molar-refractivity contribution < 1.29 is 0 Å². The molecule has 0 atom stereocenters. The van der Waals surface area contributed by atoms with Gasteiger partial charge in [-0.05, 0) is 38.5 Å². The van der Waals surface area contributed by atoms with E-state index in [1.54, 1.807) is 0 Å². The number of hydrogen-bond acceptors (Lipinski definition) is 2. The first kappa shape index (κ1) is 13.4. The van der Waals surface area contributed by atoms with Crippen LogP contribution in [0.25, 0.3) is 0 Å². The Morgan fingerprint density at radius 2 is 1.89 bits per heavy atom. The zero-order valence-corrected chi connectivity index (χ0v) is 12.1. The van der Waals surface area contributed by atoms with Gasteiger partial charge in [0.05, 0.1) is 5.69 Å². The van der Waals surface area contributed by atoms with E-state index in [4.69, 9.17) is 0 Å². The molecule has 1 aromatic rings. The highest BCUT2D eigenvalue weighted by Crippen LogP contribution is 2.32. The van der Waals surface area contributed by atoms with Gasteiger partial charge in [0, 0.05) is 19.3 Å². The first-order valence-corrected chi connectivity index (χ1v) is 7.50. The smallest absolute Gasteiger partial charge is 0.203 e. The molecule has 1 heterocycles. The van der Waals surface area contributed by atoms with Gasteiger partial charge in [0.15, 0.2) is 0 Å². The van der Waals surface area contributed by atoms with Crippen LogP contribution in [0.3, 0.4) is 0 Å². The van der Waals surface area contributed by atoms with Crippen LogP contribution in [0.2, 0.25) is 0 Å². The Bertz CT molecular complexity index is 362. The van der Waals surface area contributed by atoms with E-state index < -0.39 is 0 Å². The average Bonchev–Trinajstić information content (AvgIpc) is 2.71. The number of imidazole rings is 1. The zero-order chi connectivity index (χ0) is 13.0. The van der Waals surface area contributed by atoms with E-state index in [1.807, 2.05) is 0 Å². The standard InChI is InChI=1S/C15H27N3/c1-4-13-6-8-14(9-7-13)11-18-10-12(3)17-15(18)16-5-2/h10,13-14H,4-9,11H2,1-3H3,(H,16,17). The van der Waals surface area contributed by atoms with Gasteiger partial charge in [0.25, 0.3) is 0 Å². The molecular formula is C15H27N3. The lowest BCUT2D eigenvalue weighted by atomic mass is 9.81. The van der Waals surface area contributed by atoms with Gasteiger partial charge in [-0.1, -0.05) is 26.2 Å². The summed E-state index contributed by atoms with van der Waals surface area (Å²) in [5, 5.41) is 3.36. The fourth-order valence-electron chi connectivity index (χ4n) is 3.09. The Morgan fingerprint density at radius 1 is 1.22 bits per heavy atom. The van der Waals surface area contributed by atoms with Crippen LogP contribution >= 0.6 is 0 Å². The van der Waals surface area contributed by atoms with Crippen molar-refractivity contribution in [2.75, 3.05) is 11.9 Å². The van der Waals surface area contributed by atoms with Crippen molar-refractivity contribution in [3.05, 3.63) is 11.9 Å². The Kier molecular flexibility index (Phi) is 4.67. The molecule has 0 unspecified atom stereocenters. The van der Waals surface area contributed by atoms with Gasteiger partial charge in [-0.2, -0.15) is 0 Å². The molecule has 3 heteroatoms. The number of rotatable bonds is 5. The van der Waals surface area contributed by atoms with Crippen LogP contribution in [-0.2, 0) is 6.54 Å². The van der Waals surface area contributed by atoms with Gasteiger partial charge in [0.1, 0.15) is 0 Å². The Morgan fingerprint density at radius 3 is 2.50 bits per heavy atom. The van der Waals surface area contributed by atoms with Crippen LogP contribution in [0.5, 0.6) is 0 Å². The lowest BCUT2D eigenvalue weighted by Crippen LogP contribution is -2.19. The molecule has 1 aliphatic carbocycles. The Labute approximate surface area is 111 Å². The SMILES string of the molecule is CCNc1nc(C)cn1CC1CCC(CC)CC1. The number of aromatic nitrogens is 2. The van der Waals surface area contributed by atoms with Gasteiger partial charge in [-0.15, -0.1) is 0 Å². The van der Waals surface area contributed by atoms with E-state index in [0.29, 0.717) is 0 Å². The molecule has 1 N–H and O–H groups in total. The van der Waals surface area contributed by atoms with Crippen LogP contribution in [0, 0.1) is 18.8 Å². The second kappa shape index (κ2) is 6.26. The first-order valence-electron chi connectivity index (χ1n) is 7.50. The lowest BCUT2D eigenvalue weighted by molar-refractivity contribution is 0.248. The molecule has 0 spiro atoms. The maximum atomic E-state index is 4.55. The summed E-state index contributed by atoms with van der Waals surface area (Å²) >= 11 is 0. The third kappa shape index (κ3) is 3.27. The largest absolute Gasteiger partial charge is 0.356 e. The van der Waals surface area contributed by atoms with Gasteiger partial charge in [-0.25, -0.2) is 4.98 Å². The van der Waals surface area contributed by atoms with Crippen molar-refractivity contribution in [3.8, 4) is 0 Å². The maximum absolute atomic E-state index is 4.55. The number of hydrogen-bond donors (Lipinski definition) is 1. The van der Waals surface area contributed by atoms with Crippen LogP contribution < -0.4 is 5.32 Å².